The molecule has 3 N–H and O–H groups in total. The minimum absolute atomic E-state index is 0.0356. The van der Waals surface area contributed by atoms with Crippen LogP contribution in [0.3, 0.4) is 0 Å². The number of benzene rings is 3. The molecule has 0 heterocycles. The topological polar surface area (TPSA) is 89.6 Å². The summed E-state index contributed by atoms with van der Waals surface area (Å²) in [6.07, 6.45) is -0.483. The first-order valence-electron chi connectivity index (χ1n) is 10.0. The molecule has 4 rings (SSSR count). The van der Waals surface area contributed by atoms with Crippen LogP contribution >= 0.6 is 0 Å². The number of ether oxygens (including phenoxy) is 1. The molecule has 0 aliphatic heterocycles. The van der Waals surface area contributed by atoms with Crippen LogP contribution in [-0.4, -0.2) is 29.7 Å². The van der Waals surface area contributed by atoms with Gasteiger partial charge in [0.05, 0.1) is 6.42 Å². The van der Waals surface area contributed by atoms with Crippen molar-refractivity contribution < 1.29 is 23.8 Å². The van der Waals surface area contributed by atoms with E-state index in [-0.39, 0.29) is 18.1 Å². The fraction of sp³-hybridized carbons (Fsp3) is 0.200. The minimum Gasteiger partial charge on any atom is -0.481 e. The number of aliphatic carboxylic acids is 1. The number of hydrogen-bond acceptors (Lipinski definition) is 4. The molecule has 158 valence electrons. The van der Waals surface area contributed by atoms with Gasteiger partial charge in [-0.2, -0.15) is 0 Å². The fourth-order valence-corrected chi connectivity index (χ4v) is 4.27. The van der Waals surface area contributed by atoms with Gasteiger partial charge in [0.1, 0.15) is 18.3 Å². The van der Waals surface area contributed by atoms with Crippen LogP contribution in [0.2, 0.25) is 0 Å². The lowest BCUT2D eigenvalue weighted by atomic mass is 9.89. The van der Waals surface area contributed by atoms with Gasteiger partial charge in [0.2, 0.25) is 0 Å². The molecule has 31 heavy (non-hydrogen) atoms. The highest BCUT2D eigenvalue weighted by atomic mass is 19.1. The highest BCUT2D eigenvalue weighted by molar-refractivity contribution is 5.82. The lowest BCUT2D eigenvalue weighted by Gasteiger charge is -2.23. The molecule has 2 atom stereocenters. The van der Waals surface area contributed by atoms with Gasteiger partial charge in [-0.25, -0.2) is 4.39 Å². The molecule has 1 aliphatic carbocycles. The van der Waals surface area contributed by atoms with Crippen LogP contribution in [-0.2, 0) is 14.3 Å². The second kappa shape index (κ2) is 8.70. The van der Waals surface area contributed by atoms with Gasteiger partial charge in [0, 0.05) is 17.5 Å². The van der Waals surface area contributed by atoms with Gasteiger partial charge in [0.25, 0.3) is 0 Å². The van der Waals surface area contributed by atoms with Crippen LogP contribution in [0.15, 0.2) is 72.8 Å². The molecular formula is C25H22FNO4. The van der Waals surface area contributed by atoms with Crippen molar-refractivity contribution in [1.82, 2.24) is 0 Å². The number of carbonyl (C=O) groups excluding carboxylic acids is 1. The van der Waals surface area contributed by atoms with Crippen molar-refractivity contribution in [3.63, 3.8) is 0 Å². The van der Waals surface area contributed by atoms with Crippen molar-refractivity contribution in [2.75, 3.05) is 6.61 Å². The van der Waals surface area contributed by atoms with Gasteiger partial charge in [-0.1, -0.05) is 66.7 Å². The van der Waals surface area contributed by atoms with E-state index in [1.54, 1.807) is 6.07 Å². The monoisotopic (exact) mass is 419 g/mol. The van der Waals surface area contributed by atoms with Gasteiger partial charge >= 0.3 is 11.9 Å². The van der Waals surface area contributed by atoms with Crippen LogP contribution in [0.1, 0.15) is 34.9 Å². The van der Waals surface area contributed by atoms with E-state index >= 15 is 0 Å². The number of carboxylic acids is 1. The summed E-state index contributed by atoms with van der Waals surface area (Å²) < 4.78 is 20.1. The number of esters is 1. The van der Waals surface area contributed by atoms with Crippen molar-refractivity contribution in [3.8, 4) is 11.1 Å². The summed E-state index contributed by atoms with van der Waals surface area (Å²) in [5, 5.41) is 9.13. The molecule has 0 spiro atoms. The average molecular weight is 419 g/mol. The highest BCUT2D eigenvalue weighted by Crippen LogP contribution is 2.44. The Morgan fingerprint density at radius 2 is 1.48 bits per heavy atom. The zero-order valence-electron chi connectivity index (χ0n) is 16.7. The van der Waals surface area contributed by atoms with E-state index in [1.807, 2.05) is 48.5 Å². The maximum absolute atomic E-state index is 14.4. The standard InChI is InChI=1S/C25H22FNO4/c26-21-12-6-5-11-19(21)24(22(27)13-23(28)29)25(30)31-14-20-17-9-3-1-7-15(17)16-8-2-4-10-18(16)20/h1-12,20,22,24H,13-14,27H2,(H,28,29)/t22-,24-/m0/s1. The molecule has 3 aromatic carbocycles. The SMILES string of the molecule is N[C@@H](CC(=O)O)[C@@H](C(=O)OCC1c2ccccc2-c2ccccc21)c1ccccc1F. The molecule has 0 bridgehead atoms. The lowest BCUT2D eigenvalue weighted by molar-refractivity contribution is -0.147. The van der Waals surface area contributed by atoms with Crippen molar-refractivity contribution in [2.24, 2.45) is 5.73 Å². The van der Waals surface area contributed by atoms with Gasteiger partial charge < -0.3 is 15.6 Å². The Morgan fingerprint density at radius 3 is 2.06 bits per heavy atom. The van der Waals surface area contributed by atoms with Crippen molar-refractivity contribution in [3.05, 3.63) is 95.3 Å². The van der Waals surface area contributed by atoms with Crippen LogP contribution in [0.25, 0.3) is 11.1 Å². The third-order valence-electron chi connectivity index (χ3n) is 5.69. The zero-order chi connectivity index (χ0) is 22.0. The summed E-state index contributed by atoms with van der Waals surface area (Å²) in [6.45, 7) is 0.0532. The van der Waals surface area contributed by atoms with Gasteiger partial charge in [-0.05, 0) is 28.3 Å². The molecule has 0 radical (unpaired) electrons. The normalized spacial score (nSPS) is 14.4. The van der Waals surface area contributed by atoms with Crippen molar-refractivity contribution in [1.29, 1.82) is 0 Å². The van der Waals surface area contributed by atoms with E-state index in [9.17, 15) is 14.0 Å². The molecule has 0 fully saturated rings. The molecule has 0 saturated carbocycles. The Morgan fingerprint density at radius 1 is 0.935 bits per heavy atom. The Labute approximate surface area is 179 Å². The fourth-order valence-electron chi connectivity index (χ4n) is 4.27. The maximum Gasteiger partial charge on any atom is 0.315 e. The van der Waals surface area contributed by atoms with Crippen molar-refractivity contribution >= 4 is 11.9 Å². The predicted molar refractivity (Wildman–Crippen MR) is 114 cm³/mol. The first kappa shape index (κ1) is 20.8. The van der Waals surface area contributed by atoms with Crippen molar-refractivity contribution in [2.45, 2.75) is 24.3 Å². The van der Waals surface area contributed by atoms with E-state index < -0.39 is 36.1 Å². The first-order chi connectivity index (χ1) is 15.0. The zero-order valence-corrected chi connectivity index (χ0v) is 16.7. The molecule has 3 aromatic rings. The molecule has 5 nitrogen and oxygen atoms in total. The number of carboxylic acid groups (broad SMARTS) is 1. The Bertz CT molecular complexity index is 1080. The Balaban J connectivity index is 1.60. The summed E-state index contributed by atoms with van der Waals surface area (Å²) in [7, 11) is 0. The third-order valence-corrected chi connectivity index (χ3v) is 5.69. The van der Waals surface area contributed by atoms with E-state index in [2.05, 4.69) is 0 Å². The second-order valence-corrected chi connectivity index (χ2v) is 7.62. The molecule has 0 unspecified atom stereocenters. The number of nitrogens with two attached hydrogens (primary N) is 1. The molecule has 0 amide bonds. The second-order valence-electron chi connectivity index (χ2n) is 7.62. The molecule has 1 aliphatic rings. The van der Waals surface area contributed by atoms with Crippen LogP contribution < -0.4 is 5.73 Å². The smallest absolute Gasteiger partial charge is 0.315 e. The largest absolute Gasteiger partial charge is 0.481 e. The van der Waals surface area contributed by atoms with Crippen LogP contribution in [0.4, 0.5) is 4.39 Å². The summed E-state index contributed by atoms with van der Waals surface area (Å²) in [5.41, 5.74) is 10.3. The van der Waals surface area contributed by atoms with Crippen LogP contribution in [0, 0.1) is 5.82 Å². The summed E-state index contributed by atoms with van der Waals surface area (Å²) in [5.74, 6) is -3.90. The number of fused-ring (bicyclic) bond motifs is 3. The Hall–Kier alpha value is -3.51. The third kappa shape index (κ3) is 4.07. The van der Waals surface area contributed by atoms with Crippen LogP contribution in [0.5, 0.6) is 0 Å². The molecule has 0 saturated heterocycles. The summed E-state index contributed by atoms with van der Waals surface area (Å²) in [6, 6.07) is 20.5. The number of carbonyl (C=O) groups is 2. The van der Waals surface area contributed by atoms with Gasteiger partial charge in [-0.3, -0.25) is 9.59 Å². The van der Waals surface area contributed by atoms with E-state index in [0.29, 0.717) is 0 Å². The minimum atomic E-state index is -1.22. The maximum atomic E-state index is 14.4. The predicted octanol–water partition coefficient (Wildman–Crippen LogP) is 4.07. The highest BCUT2D eigenvalue weighted by Gasteiger charge is 2.34. The Kier molecular flexibility index (Phi) is 5.82. The number of hydrogen-bond donors (Lipinski definition) is 2. The summed E-state index contributed by atoms with van der Waals surface area (Å²) >= 11 is 0. The lowest BCUT2D eigenvalue weighted by Crippen LogP contribution is -2.37. The van der Waals surface area contributed by atoms with E-state index in [1.165, 1.54) is 18.2 Å². The molecule has 0 aromatic heterocycles. The number of halogens is 1. The van der Waals surface area contributed by atoms with E-state index in [0.717, 1.165) is 22.3 Å². The first-order valence-corrected chi connectivity index (χ1v) is 10.0. The molecular weight excluding hydrogens is 397 g/mol. The number of rotatable bonds is 7. The quantitative estimate of drug-likeness (QED) is 0.564. The van der Waals surface area contributed by atoms with E-state index in [4.69, 9.17) is 15.6 Å². The summed E-state index contributed by atoms with van der Waals surface area (Å²) in [4.78, 5) is 24.2. The average Bonchev–Trinajstić information content (AvgIpc) is 3.07. The van der Waals surface area contributed by atoms with Gasteiger partial charge in [-0.15, -0.1) is 0 Å². The van der Waals surface area contributed by atoms with Gasteiger partial charge in [0.15, 0.2) is 0 Å². The molecule has 6 heteroatoms.